The van der Waals surface area contributed by atoms with Crippen molar-refractivity contribution >= 4 is 40.8 Å². The van der Waals surface area contributed by atoms with Crippen molar-refractivity contribution in [2.45, 2.75) is 24.5 Å². The lowest BCUT2D eigenvalue weighted by molar-refractivity contribution is -0.384. The highest BCUT2D eigenvalue weighted by atomic mass is 32.2. The van der Waals surface area contributed by atoms with Crippen molar-refractivity contribution < 1.29 is 14.5 Å². The largest absolute Gasteiger partial charge is 0.457 e. The lowest BCUT2D eigenvalue weighted by Gasteiger charge is -2.25. The molecule has 3 aromatic carbocycles. The number of rotatable bonds is 7. The molecule has 2 heterocycles. The van der Waals surface area contributed by atoms with E-state index >= 15 is 0 Å². The number of allylic oxidation sites excluding steroid dienone is 1. The number of nitro groups is 1. The fourth-order valence-corrected chi connectivity index (χ4v) is 5.82. The number of hydrogen-bond acceptors (Lipinski definition) is 8. The molecule has 1 aromatic heterocycles. The number of carbonyl (C=O) groups is 1. The first-order chi connectivity index (χ1) is 18.9. The molecule has 0 amide bonds. The fourth-order valence-electron chi connectivity index (χ4n) is 4.36. The van der Waals surface area contributed by atoms with Gasteiger partial charge in [0.15, 0.2) is 4.80 Å². The molecule has 196 valence electrons. The number of benzene rings is 3. The van der Waals surface area contributed by atoms with E-state index in [1.165, 1.54) is 28.0 Å². The molecule has 39 heavy (non-hydrogen) atoms. The molecule has 1 aliphatic heterocycles. The van der Waals surface area contributed by atoms with Crippen molar-refractivity contribution in [2.24, 2.45) is 4.99 Å². The van der Waals surface area contributed by atoms with Gasteiger partial charge in [0.2, 0.25) is 0 Å². The van der Waals surface area contributed by atoms with Crippen LogP contribution in [-0.4, -0.2) is 21.7 Å². The van der Waals surface area contributed by atoms with Gasteiger partial charge in [-0.3, -0.25) is 19.5 Å². The SMILES string of the molecule is CSc1ccc(C2C(C(=O)OCc3ccccc3)=C(C)N=c3sc(=Cc4cccc([N+](=O)[O-])c4)c(=O)n32)cc1. The highest BCUT2D eigenvalue weighted by Crippen LogP contribution is 2.32. The Morgan fingerprint density at radius 3 is 2.56 bits per heavy atom. The second kappa shape index (κ2) is 11.2. The zero-order chi connectivity index (χ0) is 27.5. The van der Waals surface area contributed by atoms with Gasteiger partial charge in [-0.05, 0) is 48.1 Å². The summed E-state index contributed by atoms with van der Waals surface area (Å²) in [6.07, 6.45) is 3.58. The van der Waals surface area contributed by atoms with Crippen LogP contribution < -0.4 is 14.9 Å². The van der Waals surface area contributed by atoms with Crippen LogP contribution in [0.15, 0.2) is 105 Å². The normalized spacial score (nSPS) is 15.0. The van der Waals surface area contributed by atoms with Crippen LogP contribution in [0.1, 0.15) is 29.7 Å². The highest BCUT2D eigenvalue weighted by molar-refractivity contribution is 7.98. The maximum atomic E-state index is 13.8. The van der Waals surface area contributed by atoms with Crippen LogP contribution in [0.2, 0.25) is 0 Å². The molecule has 0 N–H and O–H groups in total. The summed E-state index contributed by atoms with van der Waals surface area (Å²) in [4.78, 5) is 44.1. The molecule has 0 spiro atoms. The van der Waals surface area contributed by atoms with Crippen molar-refractivity contribution in [2.75, 3.05) is 6.26 Å². The van der Waals surface area contributed by atoms with Crippen molar-refractivity contribution in [1.29, 1.82) is 0 Å². The number of hydrogen-bond donors (Lipinski definition) is 0. The molecular formula is C29H23N3O5S2. The molecule has 10 heteroatoms. The minimum absolute atomic E-state index is 0.0671. The Morgan fingerprint density at radius 1 is 1.13 bits per heavy atom. The third kappa shape index (κ3) is 5.47. The maximum Gasteiger partial charge on any atom is 0.338 e. The lowest BCUT2D eigenvalue weighted by Crippen LogP contribution is -2.39. The fraction of sp³-hybridized carbons (Fsp3) is 0.138. The Bertz CT molecular complexity index is 1770. The van der Waals surface area contributed by atoms with Gasteiger partial charge in [0.1, 0.15) is 6.61 Å². The first kappa shape index (κ1) is 26.3. The Morgan fingerprint density at radius 2 is 1.87 bits per heavy atom. The van der Waals surface area contributed by atoms with E-state index in [0.29, 0.717) is 20.6 Å². The van der Waals surface area contributed by atoms with Crippen molar-refractivity contribution in [3.8, 4) is 0 Å². The summed E-state index contributed by atoms with van der Waals surface area (Å²) < 4.78 is 7.54. The zero-order valence-electron chi connectivity index (χ0n) is 21.1. The molecule has 8 nitrogen and oxygen atoms in total. The first-order valence-corrected chi connectivity index (χ1v) is 14.0. The monoisotopic (exact) mass is 557 g/mol. The quantitative estimate of drug-likeness (QED) is 0.142. The number of esters is 1. The van der Waals surface area contributed by atoms with Gasteiger partial charge in [0, 0.05) is 17.0 Å². The van der Waals surface area contributed by atoms with Gasteiger partial charge in [-0.1, -0.05) is 65.9 Å². The molecule has 1 unspecified atom stereocenters. The van der Waals surface area contributed by atoms with E-state index in [9.17, 15) is 19.7 Å². The van der Waals surface area contributed by atoms with E-state index < -0.39 is 16.9 Å². The minimum atomic E-state index is -0.743. The number of carbonyl (C=O) groups excluding carboxylic acids is 1. The Kier molecular flexibility index (Phi) is 7.58. The van der Waals surface area contributed by atoms with Gasteiger partial charge in [0.05, 0.1) is 26.8 Å². The third-order valence-corrected chi connectivity index (χ3v) is 7.99. The van der Waals surface area contributed by atoms with Crippen molar-refractivity contribution in [1.82, 2.24) is 4.57 Å². The zero-order valence-corrected chi connectivity index (χ0v) is 22.7. The van der Waals surface area contributed by atoms with Crippen LogP contribution in [-0.2, 0) is 16.1 Å². The molecule has 0 saturated carbocycles. The van der Waals surface area contributed by atoms with Gasteiger partial charge in [-0.15, -0.1) is 11.8 Å². The van der Waals surface area contributed by atoms with Crippen molar-refractivity contribution in [3.05, 3.63) is 137 Å². The van der Waals surface area contributed by atoms with E-state index in [0.717, 1.165) is 16.0 Å². The number of thioether (sulfide) groups is 1. The van der Waals surface area contributed by atoms with Crippen LogP contribution in [0.4, 0.5) is 5.69 Å². The van der Waals surface area contributed by atoms with Gasteiger partial charge in [-0.25, -0.2) is 9.79 Å². The van der Waals surface area contributed by atoms with Crippen LogP contribution in [0, 0.1) is 10.1 Å². The molecule has 1 atom stereocenters. The molecule has 5 rings (SSSR count). The third-order valence-electron chi connectivity index (χ3n) is 6.26. The van der Waals surface area contributed by atoms with Crippen LogP contribution >= 0.6 is 23.1 Å². The average Bonchev–Trinajstić information content (AvgIpc) is 3.25. The van der Waals surface area contributed by atoms with Crippen molar-refractivity contribution in [3.63, 3.8) is 0 Å². The molecule has 0 aliphatic carbocycles. The topological polar surface area (TPSA) is 104 Å². The maximum absolute atomic E-state index is 13.8. The summed E-state index contributed by atoms with van der Waals surface area (Å²) in [5.41, 5.74) is 2.46. The summed E-state index contributed by atoms with van der Waals surface area (Å²) in [5.74, 6) is -0.549. The first-order valence-electron chi connectivity index (χ1n) is 12.0. The Hall–Kier alpha value is -4.28. The number of non-ortho nitro benzene ring substituents is 1. The summed E-state index contributed by atoms with van der Waals surface area (Å²) in [7, 11) is 0. The van der Waals surface area contributed by atoms with Crippen LogP contribution in [0.25, 0.3) is 6.08 Å². The summed E-state index contributed by atoms with van der Waals surface area (Å²) in [5, 5.41) is 11.2. The molecule has 4 aromatic rings. The molecule has 0 fully saturated rings. The Balaban J connectivity index is 1.61. The van der Waals surface area contributed by atoms with Crippen LogP contribution in [0.3, 0.4) is 0 Å². The number of nitrogens with zero attached hydrogens (tertiary/aromatic N) is 3. The van der Waals surface area contributed by atoms with Crippen LogP contribution in [0.5, 0.6) is 0 Å². The van der Waals surface area contributed by atoms with E-state index in [1.54, 1.807) is 36.9 Å². The summed E-state index contributed by atoms with van der Waals surface area (Å²) in [6, 6.07) is 22.4. The van der Waals surface area contributed by atoms with E-state index in [2.05, 4.69) is 4.99 Å². The second-order valence-corrected chi connectivity index (χ2v) is 10.7. The number of fused-ring (bicyclic) bond motifs is 1. The smallest absolute Gasteiger partial charge is 0.338 e. The molecular weight excluding hydrogens is 534 g/mol. The standard InChI is InChI=1S/C29H23N3O5S2/c1-18-25(28(34)37-17-19-7-4-3-5-8-19)26(21-11-13-23(38-2)14-12-21)31-27(33)24(39-29(31)30-18)16-20-9-6-10-22(15-20)32(35)36/h3-16,26H,17H2,1-2H3. The molecule has 0 saturated heterocycles. The van der Waals surface area contributed by atoms with E-state index in [4.69, 9.17) is 4.74 Å². The van der Waals surface area contributed by atoms with Gasteiger partial charge >= 0.3 is 5.97 Å². The summed E-state index contributed by atoms with van der Waals surface area (Å²) >= 11 is 2.77. The highest BCUT2D eigenvalue weighted by Gasteiger charge is 2.33. The number of aromatic nitrogens is 1. The lowest BCUT2D eigenvalue weighted by atomic mass is 9.96. The van der Waals surface area contributed by atoms with Gasteiger partial charge < -0.3 is 4.74 Å². The van der Waals surface area contributed by atoms with E-state index in [1.807, 2.05) is 60.9 Å². The predicted octanol–water partition coefficient (Wildman–Crippen LogP) is 4.61. The summed E-state index contributed by atoms with van der Waals surface area (Å²) in [6.45, 7) is 1.83. The van der Waals surface area contributed by atoms with Gasteiger partial charge in [-0.2, -0.15) is 0 Å². The second-order valence-electron chi connectivity index (χ2n) is 8.77. The minimum Gasteiger partial charge on any atom is -0.457 e. The molecule has 1 aliphatic rings. The number of nitro benzene ring substituents is 1. The number of thiazole rings is 1. The average molecular weight is 558 g/mol. The molecule has 0 radical (unpaired) electrons. The number of ether oxygens (including phenoxy) is 1. The van der Waals surface area contributed by atoms with E-state index in [-0.39, 0.29) is 23.4 Å². The Labute approximate surface area is 231 Å². The molecule has 0 bridgehead atoms. The van der Waals surface area contributed by atoms with Gasteiger partial charge in [0.25, 0.3) is 11.2 Å². The predicted molar refractivity (Wildman–Crippen MR) is 151 cm³/mol.